The van der Waals surface area contributed by atoms with Crippen molar-refractivity contribution in [3.05, 3.63) is 16.4 Å². The van der Waals surface area contributed by atoms with Gasteiger partial charge in [0.1, 0.15) is 0 Å². The van der Waals surface area contributed by atoms with Crippen LogP contribution in [0.25, 0.3) is 0 Å². The van der Waals surface area contributed by atoms with Crippen molar-refractivity contribution in [3.63, 3.8) is 0 Å². The second-order valence-electron chi connectivity index (χ2n) is 1.65. The lowest BCUT2D eigenvalue weighted by atomic mass is 10.8. The molecule has 0 unspecified atom stereocenters. The minimum atomic E-state index is -1.15. The van der Waals surface area contributed by atoms with Gasteiger partial charge in [0.15, 0.2) is 6.26 Å². The summed E-state index contributed by atoms with van der Waals surface area (Å²) >= 11 is 0. The quantitative estimate of drug-likeness (QED) is 0.497. The Balaban J connectivity index is 2.77. The van der Waals surface area contributed by atoms with Crippen LogP contribution in [-0.2, 0) is 0 Å². The van der Waals surface area contributed by atoms with Gasteiger partial charge in [-0.2, -0.15) is 0 Å². The fraction of sp³-hybridized carbons (Fsp3) is 0. The van der Waals surface area contributed by atoms with Gasteiger partial charge in [0.2, 0.25) is 0 Å². The molecule has 8 nitrogen and oxygen atoms in total. The molecule has 0 radical (unpaired) electrons. The number of aromatic nitrogens is 1. The van der Waals surface area contributed by atoms with Crippen molar-refractivity contribution in [2.45, 2.75) is 0 Å². The fourth-order valence-corrected chi connectivity index (χ4v) is 0.466. The van der Waals surface area contributed by atoms with Crippen LogP contribution in [0.4, 0.5) is 10.6 Å². The van der Waals surface area contributed by atoms with Crippen molar-refractivity contribution in [2.24, 2.45) is 5.73 Å². The summed E-state index contributed by atoms with van der Waals surface area (Å²) in [4.78, 5) is 22.5. The van der Waals surface area contributed by atoms with E-state index in [1.165, 1.54) is 0 Å². The second-order valence-corrected chi connectivity index (χ2v) is 1.65. The van der Waals surface area contributed by atoms with Crippen LogP contribution >= 0.6 is 0 Å². The average molecular weight is 173 g/mol. The average Bonchev–Trinajstić information content (AvgIpc) is 2.34. The minimum absolute atomic E-state index is 0.547. The first-order valence-corrected chi connectivity index (χ1v) is 2.67. The molecule has 8 heteroatoms. The Hall–Kier alpha value is -2.12. The van der Waals surface area contributed by atoms with Crippen LogP contribution in [0.15, 0.2) is 10.7 Å². The molecule has 0 bridgehead atoms. The van der Waals surface area contributed by atoms with E-state index in [0.29, 0.717) is 0 Å². The van der Waals surface area contributed by atoms with E-state index >= 15 is 0 Å². The number of primary amides is 1. The lowest BCUT2D eigenvalue weighted by Crippen LogP contribution is -2.16. The van der Waals surface area contributed by atoms with Crippen molar-refractivity contribution in [2.75, 3.05) is 0 Å². The van der Waals surface area contributed by atoms with E-state index in [1.54, 1.807) is 0 Å². The Labute approximate surface area is 65.1 Å². The lowest BCUT2D eigenvalue weighted by molar-refractivity contribution is -0.389. The summed E-state index contributed by atoms with van der Waals surface area (Å²) in [6.07, 6.45) is -0.959. The third-order valence-corrected chi connectivity index (χ3v) is 0.846. The molecule has 0 aliphatic rings. The summed E-state index contributed by atoms with van der Waals surface area (Å²) in [5, 5.41) is 10.0. The number of hydrogen-bond acceptors (Lipinski definition) is 6. The summed E-state index contributed by atoms with van der Waals surface area (Å²) in [6.45, 7) is 0. The molecule has 64 valence electrons. The van der Waals surface area contributed by atoms with Crippen LogP contribution in [-0.4, -0.2) is 16.0 Å². The number of amides is 1. The molecule has 0 fully saturated rings. The summed E-state index contributed by atoms with van der Waals surface area (Å²) in [5.74, 6) is -0.550. The van der Waals surface area contributed by atoms with Crippen molar-refractivity contribution in [1.82, 2.24) is 4.98 Å². The van der Waals surface area contributed by atoms with Gasteiger partial charge in [-0.05, 0) is 4.92 Å². The number of hydrogen-bond donors (Lipinski definition) is 1. The summed E-state index contributed by atoms with van der Waals surface area (Å²) in [6, 6.07) is 0. The van der Waals surface area contributed by atoms with Crippen molar-refractivity contribution in [3.8, 4) is 6.08 Å². The normalized spacial score (nSPS) is 9.33. The van der Waals surface area contributed by atoms with Gasteiger partial charge in [0, 0.05) is 4.98 Å². The smallest absolute Gasteiger partial charge is 0.390 e. The summed E-state index contributed by atoms with van der Waals surface area (Å²) in [5.41, 5.74) is 4.58. The Bertz CT molecular complexity index is 318. The number of nitrogens with two attached hydrogens (primary N) is 1. The van der Waals surface area contributed by atoms with Gasteiger partial charge in [0.05, 0.1) is 0 Å². The molecule has 0 saturated heterocycles. The molecular formula is C4H3N3O5. The summed E-state index contributed by atoms with van der Waals surface area (Å²) < 4.78 is 8.46. The fourth-order valence-electron chi connectivity index (χ4n) is 0.466. The number of nitro groups is 1. The Kier molecular flexibility index (Phi) is 1.90. The first kappa shape index (κ1) is 7.98. The van der Waals surface area contributed by atoms with Crippen LogP contribution in [0.5, 0.6) is 6.08 Å². The molecule has 1 heterocycles. The van der Waals surface area contributed by atoms with Gasteiger partial charge in [-0.3, -0.25) is 0 Å². The Morgan fingerprint density at radius 1 is 1.83 bits per heavy atom. The van der Waals surface area contributed by atoms with Crippen LogP contribution < -0.4 is 10.5 Å². The van der Waals surface area contributed by atoms with Crippen LogP contribution in [0.3, 0.4) is 0 Å². The molecule has 0 atom stereocenters. The number of carbonyl (C=O) groups excluding carboxylic acids is 1. The largest absolute Gasteiger partial charge is 0.523 e. The molecule has 0 saturated carbocycles. The molecule has 1 rings (SSSR count). The molecule has 1 aromatic heterocycles. The maximum atomic E-state index is 10.1. The first-order valence-electron chi connectivity index (χ1n) is 2.67. The number of nitrogens with zero attached hydrogens (tertiary/aromatic N) is 2. The van der Waals surface area contributed by atoms with E-state index in [4.69, 9.17) is 0 Å². The van der Waals surface area contributed by atoms with E-state index in [1.807, 2.05) is 0 Å². The zero-order chi connectivity index (χ0) is 9.14. The minimum Gasteiger partial charge on any atom is -0.390 e. The van der Waals surface area contributed by atoms with E-state index in [2.05, 4.69) is 19.9 Å². The van der Waals surface area contributed by atoms with Gasteiger partial charge in [0.25, 0.3) is 0 Å². The maximum absolute atomic E-state index is 10.1. The van der Waals surface area contributed by atoms with Crippen molar-refractivity contribution < 1.29 is 18.9 Å². The predicted molar refractivity (Wildman–Crippen MR) is 33.4 cm³/mol. The predicted octanol–water partition coefficient (Wildman–Crippen LogP) is 0.0403. The molecule has 0 aliphatic heterocycles. The van der Waals surface area contributed by atoms with Crippen molar-refractivity contribution in [1.29, 1.82) is 0 Å². The SMILES string of the molecule is NC(=O)Oc1nc([N+](=O)[O-])co1. The van der Waals surface area contributed by atoms with Crippen LogP contribution in [0.2, 0.25) is 0 Å². The molecule has 1 amide bonds. The Morgan fingerprint density at radius 2 is 2.50 bits per heavy atom. The zero-order valence-electron chi connectivity index (χ0n) is 5.59. The number of oxazole rings is 1. The van der Waals surface area contributed by atoms with E-state index in [0.717, 1.165) is 6.26 Å². The number of rotatable bonds is 2. The standard InChI is InChI=1S/C4H3N3O5/c5-3(8)12-4-6-2(1-11-4)7(9)10/h1H,(H2,5,8). The monoisotopic (exact) mass is 173 g/mol. The first-order chi connectivity index (χ1) is 5.59. The van der Waals surface area contributed by atoms with Crippen LogP contribution in [0, 0.1) is 10.1 Å². The molecule has 12 heavy (non-hydrogen) atoms. The van der Waals surface area contributed by atoms with Gasteiger partial charge in [-0.1, -0.05) is 0 Å². The molecular weight excluding hydrogens is 170 g/mol. The molecule has 0 spiro atoms. The van der Waals surface area contributed by atoms with Gasteiger partial charge in [-0.15, -0.1) is 0 Å². The van der Waals surface area contributed by atoms with Gasteiger partial charge in [-0.25, -0.2) is 4.79 Å². The van der Waals surface area contributed by atoms with E-state index in [-0.39, 0.29) is 0 Å². The maximum Gasteiger partial charge on any atom is 0.523 e. The highest BCUT2D eigenvalue weighted by atomic mass is 16.6. The summed E-state index contributed by atoms with van der Waals surface area (Å²) in [7, 11) is 0. The topological polar surface area (TPSA) is 121 Å². The van der Waals surface area contributed by atoms with E-state index < -0.39 is 22.9 Å². The highest BCUT2D eigenvalue weighted by molar-refractivity contribution is 5.66. The molecule has 0 aromatic carbocycles. The van der Waals surface area contributed by atoms with Gasteiger partial charge < -0.3 is 25.0 Å². The zero-order valence-corrected chi connectivity index (χ0v) is 5.59. The number of carbonyl (C=O) groups is 1. The molecule has 1 aromatic rings. The third-order valence-electron chi connectivity index (χ3n) is 0.846. The second kappa shape index (κ2) is 2.86. The number of ether oxygens (including phenoxy) is 1. The molecule has 2 N–H and O–H groups in total. The Morgan fingerprint density at radius 3 is 2.92 bits per heavy atom. The highest BCUT2D eigenvalue weighted by Gasteiger charge is 2.18. The van der Waals surface area contributed by atoms with E-state index in [9.17, 15) is 14.9 Å². The van der Waals surface area contributed by atoms with Crippen LogP contribution in [0.1, 0.15) is 0 Å². The van der Waals surface area contributed by atoms with Crippen molar-refractivity contribution >= 4 is 11.9 Å². The lowest BCUT2D eigenvalue weighted by Gasteiger charge is -1.84. The molecule has 0 aliphatic carbocycles. The van der Waals surface area contributed by atoms with Gasteiger partial charge >= 0.3 is 18.0 Å². The highest BCUT2D eigenvalue weighted by Crippen LogP contribution is 2.15. The third kappa shape index (κ3) is 1.68.